The van der Waals surface area contributed by atoms with Crippen LogP contribution in [0.15, 0.2) is 12.4 Å². The molecule has 1 aliphatic carbocycles. The van der Waals surface area contributed by atoms with Crippen LogP contribution >= 0.6 is 0 Å². The molecule has 1 unspecified atom stereocenters. The van der Waals surface area contributed by atoms with Crippen LogP contribution in [-0.2, 0) is 0 Å². The summed E-state index contributed by atoms with van der Waals surface area (Å²) in [6.07, 6.45) is 4.75. The number of fused-ring (bicyclic) bond motifs is 2. The summed E-state index contributed by atoms with van der Waals surface area (Å²) in [4.78, 5) is 21.1. The molecule has 2 bridgehead atoms. The topological polar surface area (TPSA) is 86.5 Å². The average molecular weight is 249 g/mol. The Kier molecular flexibility index (Phi) is 2.66. The van der Waals surface area contributed by atoms with Crippen LogP contribution in [0.1, 0.15) is 23.2 Å². The van der Waals surface area contributed by atoms with E-state index in [-0.39, 0.29) is 12.2 Å². The molecule has 1 saturated carbocycles. The van der Waals surface area contributed by atoms with Crippen LogP contribution in [0.3, 0.4) is 0 Å². The van der Waals surface area contributed by atoms with Crippen molar-refractivity contribution in [1.29, 1.82) is 0 Å². The second-order valence-corrected chi connectivity index (χ2v) is 5.06. The number of carboxylic acids is 1. The Balaban J connectivity index is 1.76. The monoisotopic (exact) mass is 249 g/mol. The van der Waals surface area contributed by atoms with Crippen molar-refractivity contribution in [3.05, 3.63) is 18.0 Å². The lowest BCUT2D eigenvalue weighted by Crippen LogP contribution is -2.37. The molecule has 6 heteroatoms. The molecular formula is C12H15N3O3. The molecule has 96 valence electrons. The third-order valence-corrected chi connectivity index (χ3v) is 4.06. The summed E-state index contributed by atoms with van der Waals surface area (Å²) in [5.41, 5.74) is 0.108. The lowest BCUT2D eigenvalue weighted by molar-refractivity contribution is 0.0696. The van der Waals surface area contributed by atoms with E-state index in [1.807, 2.05) is 0 Å². The number of hydrogen-bond acceptors (Lipinski definition) is 5. The maximum absolute atomic E-state index is 10.7. The second kappa shape index (κ2) is 4.20. The first-order chi connectivity index (χ1) is 8.69. The van der Waals surface area contributed by atoms with E-state index in [2.05, 4.69) is 14.9 Å². The average Bonchev–Trinajstić information content (AvgIpc) is 2.98. The van der Waals surface area contributed by atoms with Gasteiger partial charge in [-0.15, -0.1) is 0 Å². The van der Waals surface area contributed by atoms with Gasteiger partial charge in [0.2, 0.25) is 5.95 Å². The molecule has 0 aromatic carbocycles. The van der Waals surface area contributed by atoms with Gasteiger partial charge in [0.15, 0.2) is 0 Å². The summed E-state index contributed by atoms with van der Waals surface area (Å²) < 4.78 is 0. The Bertz CT molecular complexity index is 462. The quantitative estimate of drug-likeness (QED) is 0.805. The van der Waals surface area contributed by atoms with Gasteiger partial charge in [-0.2, -0.15) is 0 Å². The number of aromatic carboxylic acids is 1. The fourth-order valence-electron chi connectivity index (χ4n) is 3.11. The maximum atomic E-state index is 10.7. The zero-order chi connectivity index (χ0) is 12.7. The van der Waals surface area contributed by atoms with Crippen molar-refractivity contribution < 1.29 is 15.0 Å². The zero-order valence-corrected chi connectivity index (χ0v) is 9.86. The minimum absolute atomic E-state index is 0.108. The minimum atomic E-state index is -1.01. The first kappa shape index (κ1) is 11.4. The number of aliphatic hydroxyl groups is 1. The third kappa shape index (κ3) is 1.73. The zero-order valence-electron chi connectivity index (χ0n) is 9.86. The molecule has 2 heterocycles. The van der Waals surface area contributed by atoms with Crippen LogP contribution in [0.2, 0.25) is 0 Å². The van der Waals surface area contributed by atoms with Crippen molar-refractivity contribution in [2.75, 3.05) is 18.1 Å². The fourth-order valence-corrected chi connectivity index (χ4v) is 3.11. The molecule has 1 aromatic heterocycles. The van der Waals surface area contributed by atoms with E-state index < -0.39 is 5.97 Å². The highest BCUT2D eigenvalue weighted by Gasteiger charge is 2.45. The number of nitrogens with zero attached hydrogens (tertiary/aromatic N) is 3. The summed E-state index contributed by atoms with van der Waals surface area (Å²) in [7, 11) is 0. The standard InChI is InChI=1S/C12H15N3O3/c16-6-8-2-10-1-7(8)5-15(10)12-13-3-9(4-14-12)11(17)18/h3-4,7-8,10,16H,1-2,5-6H2,(H,17,18)/t7-,8?,10-/m1/s1. The van der Waals surface area contributed by atoms with Gasteiger partial charge in [0.05, 0.1) is 5.56 Å². The highest BCUT2D eigenvalue weighted by atomic mass is 16.4. The predicted octanol–water partition coefficient (Wildman–Crippen LogP) is 0.382. The van der Waals surface area contributed by atoms with Crippen LogP contribution in [0.25, 0.3) is 0 Å². The molecule has 2 aliphatic rings. The summed E-state index contributed by atoms with van der Waals surface area (Å²) in [5, 5.41) is 18.0. The molecule has 3 atom stereocenters. The largest absolute Gasteiger partial charge is 0.478 e. The molecule has 18 heavy (non-hydrogen) atoms. The number of rotatable bonds is 3. The Hall–Kier alpha value is -1.69. The van der Waals surface area contributed by atoms with Gasteiger partial charge < -0.3 is 15.1 Å². The molecule has 0 amide bonds. The van der Waals surface area contributed by atoms with Crippen molar-refractivity contribution in [1.82, 2.24) is 9.97 Å². The molecule has 1 saturated heterocycles. The van der Waals surface area contributed by atoms with E-state index in [9.17, 15) is 9.90 Å². The fraction of sp³-hybridized carbons (Fsp3) is 0.583. The van der Waals surface area contributed by atoms with Crippen molar-refractivity contribution in [3.63, 3.8) is 0 Å². The van der Waals surface area contributed by atoms with E-state index in [1.165, 1.54) is 12.4 Å². The highest BCUT2D eigenvalue weighted by Crippen LogP contribution is 2.42. The molecule has 6 nitrogen and oxygen atoms in total. The molecule has 0 radical (unpaired) electrons. The Labute approximate surface area is 104 Å². The van der Waals surface area contributed by atoms with Crippen molar-refractivity contribution >= 4 is 11.9 Å². The smallest absolute Gasteiger partial charge is 0.338 e. The summed E-state index contributed by atoms with van der Waals surface area (Å²) in [5.74, 6) is 0.515. The van der Waals surface area contributed by atoms with Gasteiger partial charge in [0.1, 0.15) is 0 Å². The highest BCUT2D eigenvalue weighted by molar-refractivity contribution is 5.86. The van der Waals surface area contributed by atoms with Crippen molar-refractivity contribution in [3.8, 4) is 0 Å². The van der Waals surface area contributed by atoms with E-state index in [0.717, 1.165) is 19.4 Å². The lowest BCUT2D eigenvalue weighted by Gasteiger charge is -2.30. The van der Waals surface area contributed by atoms with E-state index >= 15 is 0 Å². The summed E-state index contributed by atoms with van der Waals surface area (Å²) in [6, 6.07) is 0.392. The van der Waals surface area contributed by atoms with Crippen molar-refractivity contribution in [2.24, 2.45) is 11.8 Å². The van der Waals surface area contributed by atoms with Crippen LogP contribution in [0.5, 0.6) is 0 Å². The number of anilines is 1. The number of aromatic nitrogens is 2. The maximum Gasteiger partial charge on any atom is 0.338 e. The first-order valence-corrected chi connectivity index (χ1v) is 6.12. The van der Waals surface area contributed by atoms with E-state index in [1.54, 1.807) is 0 Å². The van der Waals surface area contributed by atoms with Crippen LogP contribution in [-0.4, -0.2) is 45.3 Å². The third-order valence-electron chi connectivity index (χ3n) is 4.06. The number of carboxylic acid groups (broad SMARTS) is 1. The Morgan fingerprint density at radius 1 is 1.39 bits per heavy atom. The first-order valence-electron chi connectivity index (χ1n) is 6.12. The van der Waals surface area contributed by atoms with Gasteiger partial charge in [-0.05, 0) is 24.7 Å². The van der Waals surface area contributed by atoms with Crippen LogP contribution in [0.4, 0.5) is 5.95 Å². The number of piperidine rings is 1. The minimum Gasteiger partial charge on any atom is -0.478 e. The lowest BCUT2D eigenvalue weighted by atomic mass is 9.96. The van der Waals surface area contributed by atoms with Gasteiger partial charge in [-0.3, -0.25) is 0 Å². The number of hydrogen-bond donors (Lipinski definition) is 2. The van der Waals surface area contributed by atoms with Gasteiger partial charge in [0, 0.05) is 31.6 Å². The molecule has 1 aromatic rings. The molecule has 3 rings (SSSR count). The summed E-state index contributed by atoms with van der Waals surface area (Å²) in [6.45, 7) is 1.12. The van der Waals surface area contributed by atoms with Crippen molar-refractivity contribution in [2.45, 2.75) is 18.9 Å². The van der Waals surface area contributed by atoms with Gasteiger partial charge in [0.25, 0.3) is 0 Å². The molecule has 2 N–H and O–H groups in total. The van der Waals surface area contributed by atoms with E-state index in [0.29, 0.717) is 23.8 Å². The van der Waals surface area contributed by atoms with Gasteiger partial charge in [-0.25, -0.2) is 14.8 Å². The number of aliphatic hydroxyl groups excluding tert-OH is 1. The normalized spacial score (nSPS) is 29.8. The van der Waals surface area contributed by atoms with Gasteiger partial charge >= 0.3 is 5.97 Å². The summed E-state index contributed by atoms with van der Waals surface area (Å²) >= 11 is 0. The van der Waals surface area contributed by atoms with Crippen LogP contribution < -0.4 is 4.90 Å². The van der Waals surface area contributed by atoms with E-state index in [4.69, 9.17) is 5.11 Å². The molecular weight excluding hydrogens is 234 g/mol. The Morgan fingerprint density at radius 2 is 2.11 bits per heavy atom. The number of carbonyl (C=O) groups is 1. The SMILES string of the molecule is O=C(O)c1cnc(N2C[C@H]3C[C@@H]2CC3CO)nc1. The van der Waals surface area contributed by atoms with Gasteiger partial charge in [-0.1, -0.05) is 0 Å². The molecule has 2 fully saturated rings. The second-order valence-electron chi connectivity index (χ2n) is 5.06. The predicted molar refractivity (Wildman–Crippen MR) is 63.4 cm³/mol. The van der Waals surface area contributed by atoms with Crippen LogP contribution in [0, 0.1) is 11.8 Å². The molecule has 1 aliphatic heterocycles. The Morgan fingerprint density at radius 3 is 2.61 bits per heavy atom. The molecule has 0 spiro atoms.